The molecule has 0 bridgehead atoms. The Labute approximate surface area is 235 Å². The molecule has 216 valence electrons. The molecule has 0 radical (unpaired) electrons. The first-order valence-electron chi connectivity index (χ1n) is 13.8. The van der Waals surface area contributed by atoms with E-state index in [0.29, 0.717) is 30.4 Å². The quantitative estimate of drug-likeness (QED) is 0.141. The molecular weight excluding hydrogens is 535 g/mol. The normalized spacial score (nSPS) is 18.1. The number of ether oxygens (including phenoxy) is 2. The number of nitrogens with zero attached hydrogens (tertiary/aromatic N) is 3. The van der Waals surface area contributed by atoms with Gasteiger partial charge in [-0.25, -0.2) is 4.98 Å². The van der Waals surface area contributed by atoms with Crippen molar-refractivity contribution in [2.45, 2.75) is 76.6 Å². The van der Waals surface area contributed by atoms with E-state index >= 15 is 0 Å². The largest absolute Gasteiger partial charge is 0.469 e. The minimum atomic E-state index is -4.55. The van der Waals surface area contributed by atoms with Gasteiger partial charge in [0, 0.05) is 44.6 Å². The molecule has 40 heavy (non-hydrogen) atoms. The number of rotatable bonds is 10. The smallest absolute Gasteiger partial charge is 0.434 e. The van der Waals surface area contributed by atoms with Crippen LogP contribution in [0.4, 0.5) is 13.2 Å². The van der Waals surface area contributed by atoms with Crippen molar-refractivity contribution in [2.24, 2.45) is 5.92 Å². The summed E-state index contributed by atoms with van der Waals surface area (Å²) in [4.78, 5) is 20.0. The zero-order valence-corrected chi connectivity index (χ0v) is 24.6. The van der Waals surface area contributed by atoms with Gasteiger partial charge in [-0.2, -0.15) is 13.2 Å². The van der Waals surface area contributed by atoms with E-state index in [1.54, 1.807) is 18.3 Å². The van der Waals surface area contributed by atoms with E-state index in [4.69, 9.17) is 9.47 Å². The van der Waals surface area contributed by atoms with Gasteiger partial charge in [0.05, 0.1) is 12.8 Å². The third-order valence-corrected chi connectivity index (χ3v) is 9.23. The van der Waals surface area contributed by atoms with Crippen molar-refractivity contribution < 1.29 is 27.4 Å². The maximum absolute atomic E-state index is 13.4. The average Bonchev–Trinajstić information content (AvgIpc) is 3.36. The SMILES string of the molecule is COC(=O)C[C@H]1CC[C@H](c2ccc(-c3ccc(-c4nc(C(F)(F)F)cn4COCC[Si](C)(C)C)cn3)cc2)CC1. The van der Waals surface area contributed by atoms with Gasteiger partial charge in [-0.05, 0) is 61.3 Å². The van der Waals surface area contributed by atoms with Crippen LogP contribution in [0, 0.1) is 5.92 Å². The number of aromatic nitrogens is 3. The first kappa shape index (κ1) is 30.0. The molecule has 0 N–H and O–H groups in total. The lowest BCUT2D eigenvalue weighted by Gasteiger charge is -2.28. The van der Waals surface area contributed by atoms with E-state index in [2.05, 4.69) is 41.7 Å². The predicted molar refractivity (Wildman–Crippen MR) is 151 cm³/mol. The summed E-state index contributed by atoms with van der Waals surface area (Å²) < 4.78 is 52.2. The molecule has 1 aliphatic carbocycles. The van der Waals surface area contributed by atoms with Crippen LogP contribution in [0.15, 0.2) is 48.8 Å². The summed E-state index contributed by atoms with van der Waals surface area (Å²) in [5.41, 5.74) is 2.48. The van der Waals surface area contributed by atoms with Crippen molar-refractivity contribution in [1.29, 1.82) is 0 Å². The topological polar surface area (TPSA) is 66.2 Å². The van der Waals surface area contributed by atoms with Crippen LogP contribution in [0.25, 0.3) is 22.6 Å². The Bertz CT molecular complexity index is 1260. The van der Waals surface area contributed by atoms with Crippen LogP contribution in [0.2, 0.25) is 25.7 Å². The molecule has 0 amide bonds. The third-order valence-electron chi connectivity index (χ3n) is 7.52. The number of carbonyl (C=O) groups excluding carboxylic acids is 1. The predicted octanol–water partition coefficient (Wildman–Crippen LogP) is 7.78. The summed E-state index contributed by atoms with van der Waals surface area (Å²) in [5.74, 6) is 0.901. The van der Waals surface area contributed by atoms with Crippen molar-refractivity contribution in [1.82, 2.24) is 14.5 Å². The number of alkyl halides is 3. The molecule has 0 spiro atoms. The van der Waals surface area contributed by atoms with Crippen molar-refractivity contribution in [3.63, 3.8) is 0 Å². The summed E-state index contributed by atoms with van der Waals surface area (Å²) in [7, 11) is 0.118. The van der Waals surface area contributed by atoms with Crippen LogP contribution in [0.1, 0.15) is 49.3 Å². The number of hydrogen-bond donors (Lipinski definition) is 0. The highest BCUT2D eigenvalue weighted by Gasteiger charge is 2.35. The van der Waals surface area contributed by atoms with Crippen molar-refractivity contribution in [2.75, 3.05) is 13.7 Å². The number of halogens is 3. The number of pyridine rings is 1. The van der Waals surface area contributed by atoms with Gasteiger partial charge in [0.25, 0.3) is 0 Å². The highest BCUT2D eigenvalue weighted by molar-refractivity contribution is 6.76. The molecule has 0 aliphatic heterocycles. The second kappa shape index (κ2) is 12.7. The van der Waals surface area contributed by atoms with E-state index in [0.717, 1.165) is 49.2 Å². The lowest BCUT2D eigenvalue weighted by atomic mass is 9.77. The Kier molecular flexibility index (Phi) is 9.51. The van der Waals surface area contributed by atoms with Gasteiger partial charge in [0.15, 0.2) is 5.69 Å². The van der Waals surface area contributed by atoms with E-state index in [-0.39, 0.29) is 18.5 Å². The molecule has 1 aromatic carbocycles. The Morgan fingerprint density at radius 3 is 2.27 bits per heavy atom. The fourth-order valence-electron chi connectivity index (χ4n) is 5.06. The molecule has 4 rings (SSSR count). The first-order chi connectivity index (χ1) is 18.9. The molecule has 0 atom stereocenters. The Balaban J connectivity index is 1.43. The summed E-state index contributed by atoms with van der Waals surface area (Å²) in [5, 5.41) is 0. The maximum Gasteiger partial charge on any atom is 0.434 e. The molecule has 6 nitrogen and oxygen atoms in total. The maximum atomic E-state index is 13.4. The van der Waals surface area contributed by atoms with Crippen LogP contribution >= 0.6 is 0 Å². The summed E-state index contributed by atoms with van der Waals surface area (Å²) in [6.45, 7) is 7.16. The van der Waals surface area contributed by atoms with Gasteiger partial charge in [-0.1, -0.05) is 43.9 Å². The Hall–Kier alpha value is -2.98. The first-order valence-corrected chi connectivity index (χ1v) is 17.5. The molecule has 1 aliphatic rings. The van der Waals surface area contributed by atoms with Crippen molar-refractivity contribution in [3.8, 4) is 22.6 Å². The van der Waals surface area contributed by atoms with Crippen LogP contribution in [-0.4, -0.2) is 42.3 Å². The zero-order chi connectivity index (χ0) is 28.9. The van der Waals surface area contributed by atoms with Gasteiger partial charge < -0.3 is 14.0 Å². The van der Waals surface area contributed by atoms with Crippen LogP contribution in [0.5, 0.6) is 0 Å². The fourth-order valence-corrected chi connectivity index (χ4v) is 5.82. The van der Waals surface area contributed by atoms with Gasteiger partial charge >= 0.3 is 12.1 Å². The highest BCUT2D eigenvalue weighted by atomic mass is 28.3. The van der Waals surface area contributed by atoms with Crippen LogP contribution in [0.3, 0.4) is 0 Å². The van der Waals surface area contributed by atoms with Crippen molar-refractivity contribution >= 4 is 14.0 Å². The number of carbonyl (C=O) groups is 1. The molecule has 2 aromatic heterocycles. The number of hydrogen-bond acceptors (Lipinski definition) is 5. The van der Waals surface area contributed by atoms with E-state index < -0.39 is 19.9 Å². The van der Waals surface area contributed by atoms with Crippen molar-refractivity contribution in [3.05, 3.63) is 60.0 Å². The molecule has 0 unspecified atom stereocenters. The zero-order valence-electron chi connectivity index (χ0n) is 23.6. The van der Waals surface area contributed by atoms with Crippen LogP contribution in [-0.2, 0) is 27.2 Å². The molecule has 3 aromatic rings. The molecule has 2 heterocycles. The average molecular weight is 574 g/mol. The van der Waals surface area contributed by atoms with Gasteiger partial charge in [0.2, 0.25) is 0 Å². The number of methoxy groups -OCH3 is 1. The fraction of sp³-hybridized carbons (Fsp3) is 0.500. The second-order valence-electron chi connectivity index (χ2n) is 11.8. The van der Waals surface area contributed by atoms with Gasteiger partial charge in [-0.3, -0.25) is 9.78 Å². The monoisotopic (exact) mass is 573 g/mol. The molecule has 0 saturated heterocycles. The lowest BCUT2D eigenvalue weighted by Crippen LogP contribution is -2.22. The standard InChI is InChI=1S/C30H38F3N3O3Si/c1-38-28(37)17-21-5-7-22(8-6-21)23-9-11-24(12-10-23)26-14-13-25(18-34-26)29-35-27(30(31,32)33)19-36(29)20-39-15-16-40(2,3)4/h9-14,18-19,21-22H,5-8,15-17,20H2,1-4H3/t21-,22-. The lowest BCUT2D eigenvalue weighted by molar-refractivity contribution is -0.142. The molecule has 1 fully saturated rings. The number of benzene rings is 1. The minimum Gasteiger partial charge on any atom is -0.469 e. The van der Waals surface area contributed by atoms with E-state index in [9.17, 15) is 18.0 Å². The van der Waals surface area contributed by atoms with Gasteiger partial charge in [-0.15, -0.1) is 0 Å². The van der Waals surface area contributed by atoms with E-state index in [1.807, 2.05) is 12.1 Å². The number of imidazole rings is 1. The Morgan fingerprint density at radius 1 is 1.02 bits per heavy atom. The Morgan fingerprint density at radius 2 is 1.70 bits per heavy atom. The third kappa shape index (κ3) is 8.03. The van der Waals surface area contributed by atoms with Crippen LogP contribution < -0.4 is 0 Å². The summed E-state index contributed by atoms with van der Waals surface area (Å²) in [6, 6.07) is 12.8. The summed E-state index contributed by atoms with van der Waals surface area (Å²) in [6.07, 6.45) is 2.62. The number of esters is 1. The summed E-state index contributed by atoms with van der Waals surface area (Å²) >= 11 is 0. The van der Waals surface area contributed by atoms with E-state index in [1.165, 1.54) is 17.2 Å². The minimum absolute atomic E-state index is 0.00326. The second-order valence-corrected chi connectivity index (χ2v) is 17.4. The molecule has 10 heteroatoms. The van der Waals surface area contributed by atoms with Gasteiger partial charge in [0.1, 0.15) is 12.6 Å². The highest BCUT2D eigenvalue weighted by Crippen LogP contribution is 2.38. The molecular formula is C30H38F3N3O3Si. The molecule has 1 saturated carbocycles.